The van der Waals surface area contributed by atoms with Gasteiger partial charge in [0.25, 0.3) is 6.01 Å². The maximum Gasteiger partial charge on any atom is 0.326 e. The normalized spacial score (nSPS) is 13.4. The molecule has 108 valence electrons. The molecule has 0 aliphatic rings. The molecule has 1 heterocycles. The van der Waals surface area contributed by atoms with Crippen LogP contribution in [0.1, 0.15) is 27.2 Å². The van der Waals surface area contributed by atoms with E-state index < -0.39 is 12.0 Å². The summed E-state index contributed by atoms with van der Waals surface area (Å²) in [6.07, 6.45) is 0.453. The van der Waals surface area contributed by atoms with Gasteiger partial charge in [-0.3, -0.25) is 0 Å². The van der Waals surface area contributed by atoms with Crippen LogP contribution in [0.3, 0.4) is 0 Å². The second-order valence-corrected chi connectivity index (χ2v) is 6.31. The van der Waals surface area contributed by atoms with E-state index in [1.807, 2.05) is 20.8 Å². The number of halogens is 1. The predicted octanol–water partition coefficient (Wildman–Crippen LogP) is 3.78. The summed E-state index contributed by atoms with van der Waals surface area (Å²) in [7, 11) is 0. The fraction of sp³-hybridized carbons (Fsp3) is 0.429. The van der Waals surface area contributed by atoms with Crippen molar-refractivity contribution in [1.29, 1.82) is 0 Å². The Morgan fingerprint density at radius 3 is 2.75 bits per heavy atom. The smallest absolute Gasteiger partial charge is 0.326 e. The molecule has 0 aliphatic carbocycles. The van der Waals surface area contributed by atoms with E-state index in [2.05, 4.69) is 10.3 Å². The SMILES string of the molecule is CC(C)(C)CC(Nc1nc2cccc(Cl)c2o1)C(=O)O. The number of para-hydroxylation sites is 1. The number of nitrogens with zero attached hydrogens (tertiary/aromatic N) is 1. The van der Waals surface area contributed by atoms with Gasteiger partial charge in [0.1, 0.15) is 11.6 Å². The summed E-state index contributed by atoms with van der Waals surface area (Å²) in [6.45, 7) is 5.94. The molecular formula is C14H17ClN2O3. The number of carboxylic acids is 1. The van der Waals surface area contributed by atoms with Crippen LogP contribution in [0.5, 0.6) is 0 Å². The molecule has 2 N–H and O–H groups in total. The molecule has 0 saturated heterocycles. The molecule has 2 rings (SSSR count). The average Bonchev–Trinajstić information content (AvgIpc) is 2.70. The molecule has 1 atom stereocenters. The molecule has 1 unspecified atom stereocenters. The topological polar surface area (TPSA) is 75.4 Å². The van der Waals surface area contributed by atoms with Crippen LogP contribution >= 0.6 is 11.6 Å². The molecule has 1 aromatic carbocycles. The molecule has 0 bridgehead atoms. The maximum absolute atomic E-state index is 11.3. The van der Waals surface area contributed by atoms with Crippen LogP contribution in [0.15, 0.2) is 22.6 Å². The van der Waals surface area contributed by atoms with Crippen molar-refractivity contribution in [3.8, 4) is 0 Å². The largest absolute Gasteiger partial charge is 0.480 e. The second-order valence-electron chi connectivity index (χ2n) is 5.91. The van der Waals surface area contributed by atoms with E-state index in [0.29, 0.717) is 22.5 Å². The predicted molar refractivity (Wildman–Crippen MR) is 78.1 cm³/mol. The zero-order valence-corrected chi connectivity index (χ0v) is 12.4. The number of carbonyl (C=O) groups is 1. The van der Waals surface area contributed by atoms with Gasteiger partial charge in [0.05, 0.1) is 5.02 Å². The standard InChI is InChI=1S/C14H17ClN2O3/c1-14(2,3)7-10(12(18)19)17-13-16-9-6-4-5-8(15)11(9)20-13/h4-6,10H,7H2,1-3H3,(H,16,17)(H,18,19). The lowest BCUT2D eigenvalue weighted by Crippen LogP contribution is -2.33. The van der Waals surface area contributed by atoms with Crippen molar-refractivity contribution in [2.24, 2.45) is 5.41 Å². The molecule has 0 saturated carbocycles. The Bertz CT molecular complexity index is 631. The van der Waals surface area contributed by atoms with Gasteiger partial charge in [0.15, 0.2) is 5.58 Å². The molecule has 1 aromatic heterocycles. The summed E-state index contributed by atoms with van der Waals surface area (Å²) in [5.41, 5.74) is 0.927. The highest BCUT2D eigenvalue weighted by atomic mass is 35.5. The Morgan fingerprint density at radius 2 is 2.20 bits per heavy atom. The van der Waals surface area contributed by atoms with E-state index in [1.165, 1.54) is 0 Å². The molecule has 0 spiro atoms. The average molecular weight is 297 g/mol. The number of oxazole rings is 1. The highest BCUT2D eigenvalue weighted by Gasteiger charge is 2.26. The quantitative estimate of drug-likeness (QED) is 0.898. The lowest BCUT2D eigenvalue weighted by Gasteiger charge is -2.23. The number of hydrogen-bond acceptors (Lipinski definition) is 4. The van der Waals surface area contributed by atoms with Gasteiger partial charge in [0.2, 0.25) is 0 Å². The molecule has 6 heteroatoms. The first-order chi connectivity index (χ1) is 9.26. The van der Waals surface area contributed by atoms with Gasteiger partial charge in [-0.2, -0.15) is 4.98 Å². The van der Waals surface area contributed by atoms with E-state index in [-0.39, 0.29) is 11.4 Å². The van der Waals surface area contributed by atoms with Crippen LogP contribution in [0, 0.1) is 5.41 Å². The van der Waals surface area contributed by atoms with Crippen LogP contribution in [-0.4, -0.2) is 22.1 Å². The van der Waals surface area contributed by atoms with Crippen LogP contribution in [0.4, 0.5) is 6.01 Å². The third kappa shape index (κ3) is 3.42. The fourth-order valence-electron chi connectivity index (χ4n) is 1.94. The first-order valence-electron chi connectivity index (χ1n) is 6.31. The van der Waals surface area contributed by atoms with Crippen LogP contribution in [0.25, 0.3) is 11.1 Å². The maximum atomic E-state index is 11.3. The minimum absolute atomic E-state index is 0.125. The zero-order chi connectivity index (χ0) is 14.9. The third-order valence-corrected chi connectivity index (χ3v) is 3.08. The zero-order valence-electron chi connectivity index (χ0n) is 11.6. The summed E-state index contributed by atoms with van der Waals surface area (Å²) in [5, 5.41) is 12.5. The third-order valence-electron chi connectivity index (χ3n) is 2.78. The highest BCUT2D eigenvalue weighted by Crippen LogP contribution is 2.28. The van der Waals surface area contributed by atoms with Crippen molar-refractivity contribution in [2.45, 2.75) is 33.2 Å². The summed E-state index contributed by atoms with van der Waals surface area (Å²) in [6, 6.07) is 4.63. The van der Waals surface area contributed by atoms with Gasteiger partial charge >= 0.3 is 5.97 Å². The van der Waals surface area contributed by atoms with Gasteiger partial charge in [-0.05, 0) is 24.0 Å². The van der Waals surface area contributed by atoms with Gasteiger partial charge < -0.3 is 14.8 Å². The van der Waals surface area contributed by atoms with Crippen molar-refractivity contribution < 1.29 is 14.3 Å². The number of nitrogens with one attached hydrogen (secondary N) is 1. The lowest BCUT2D eigenvalue weighted by molar-refractivity contribution is -0.138. The summed E-state index contributed by atoms with van der Waals surface area (Å²) < 4.78 is 5.48. The van der Waals surface area contributed by atoms with Crippen LogP contribution in [-0.2, 0) is 4.79 Å². The Morgan fingerprint density at radius 1 is 1.50 bits per heavy atom. The minimum atomic E-state index is -0.937. The Labute approximate surface area is 121 Å². The molecule has 5 nitrogen and oxygen atoms in total. The monoisotopic (exact) mass is 296 g/mol. The van der Waals surface area contributed by atoms with Crippen molar-refractivity contribution in [2.75, 3.05) is 5.32 Å². The lowest BCUT2D eigenvalue weighted by atomic mass is 9.88. The van der Waals surface area contributed by atoms with Crippen molar-refractivity contribution in [3.05, 3.63) is 23.2 Å². The van der Waals surface area contributed by atoms with Crippen LogP contribution in [0.2, 0.25) is 5.02 Å². The van der Waals surface area contributed by atoms with E-state index in [4.69, 9.17) is 16.0 Å². The molecule has 0 amide bonds. The van der Waals surface area contributed by atoms with Crippen molar-refractivity contribution >= 4 is 34.7 Å². The summed E-state index contributed by atoms with van der Waals surface area (Å²) in [4.78, 5) is 15.5. The Kier molecular flexibility index (Phi) is 3.90. The van der Waals surface area contributed by atoms with E-state index in [0.717, 1.165) is 0 Å². The summed E-state index contributed by atoms with van der Waals surface area (Å²) >= 11 is 6.00. The number of aromatic nitrogens is 1. The molecule has 20 heavy (non-hydrogen) atoms. The van der Waals surface area contributed by atoms with Crippen LogP contribution < -0.4 is 5.32 Å². The molecule has 0 fully saturated rings. The second kappa shape index (κ2) is 5.32. The summed E-state index contributed by atoms with van der Waals surface area (Å²) in [5.74, 6) is -0.937. The van der Waals surface area contributed by atoms with Crippen molar-refractivity contribution in [1.82, 2.24) is 4.98 Å². The minimum Gasteiger partial charge on any atom is -0.480 e. The highest BCUT2D eigenvalue weighted by molar-refractivity contribution is 6.34. The number of carboxylic acid groups (broad SMARTS) is 1. The van der Waals surface area contributed by atoms with Gasteiger partial charge in [-0.15, -0.1) is 0 Å². The van der Waals surface area contributed by atoms with E-state index >= 15 is 0 Å². The van der Waals surface area contributed by atoms with Gasteiger partial charge in [-0.25, -0.2) is 4.79 Å². The number of aliphatic carboxylic acids is 1. The number of benzene rings is 1. The molecule has 0 radical (unpaired) electrons. The Balaban J connectivity index is 2.25. The number of rotatable bonds is 4. The van der Waals surface area contributed by atoms with E-state index in [1.54, 1.807) is 18.2 Å². The number of anilines is 1. The van der Waals surface area contributed by atoms with Gasteiger partial charge in [0, 0.05) is 0 Å². The number of hydrogen-bond donors (Lipinski definition) is 2. The molecular weight excluding hydrogens is 280 g/mol. The van der Waals surface area contributed by atoms with Crippen molar-refractivity contribution in [3.63, 3.8) is 0 Å². The molecule has 0 aliphatic heterocycles. The number of fused-ring (bicyclic) bond motifs is 1. The van der Waals surface area contributed by atoms with E-state index in [9.17, 15) is 9.90 Å². The first-order valence-corrected chi connectivity index (χ1v) is 6.68. The first kappa shape index (κ1) is 14.7. The Hall–Kier alpha value is -1.75. The van der Waals surface area contributed by atoms with Gasteiger partial charge in [-0.1, -0.05) is 38.4 Å². The molecule has 2 aromatic rings. The fourth-order valence-corrected chi connectivity index (χ4v) is 2.15.